The van der Waals surface area contributed by atoms with Crippen LogP contribution in [0.3, 0.4) is 0 Å². The fourth-order valence-corrected chi connectivity index (χ4v) is 1.49. The van der Waals surface area contributed by atoms with Crippen LogP contribution in [0.2, 0.25) is 0 Å². The number of carbonyl (C=O) groups is 5. The average molecular weight is 321 g/mol. The average Bonchev–Trinajstić information content (AvgIpc) is 2.82. The maximum absolute atomic E-state index is 10.4. The maximum Gasteiger partial charge on any atom is 0.333 e. The molecule has 1 saturated heterocycles. The number of aliphatic hydroxyl groups is 1. The Labute approximate surface area is 123 Å². The van der Waals surface area contributed by atoms with E-state index in [-0.39, 0.29) is 5.91 Å². The van der Waals surface area contributed by atoms with Crippen molar-refractivity contribution >= 4 is 29.8 Å². The second-order valence-electron chi connectivity index (χ2n) is 4.32. The molecule has 0 aromatic rings. The molecule has 1 amide bonds. The number of rotatable bonds is 6. The Kier molecular flexibility index (Phi) is 7.52. The maximum atomic E-state index is 10.4. The van der Waals surface area contributed by atoms with Gasteiger partial charge in [-0.05, 0) is 6.42 Å². The molecule has 3 atom stereocenters. The summed E-state index contributed by atoms with van der Waals surface area (Å²) < 4.78 is 0. The van der Waals surface area contributed by atoms with Crippen LogP contribution in [-0.2, 0) is 24.0 Å². The third-order valence-corrected chi connectivity index (χ3v) is 2.64. The zero-order valence-electron chi connectivity index (χ0n) is 11.1. The first-order chi connectivity index (χ1) is 10.1. The van der Waals surface area contributed by atoms with E-state index in [4.69, 9.17) is 25.5 Å². The van der Waals surface area contributed by atoms with Gasteiger partial charge in [0, 0.05) is 6.42 Å². The van der Waals surface area contributed by atoms with Crippen molar-refractivity contribution in [2.24, 2.45) is 5.92 Å². The third kappa shape index (κ3) is 6.65. The van der Waals surface area contributed by atoms with Crippen LogP contribution < -0.4 is 5.32 Å². The Morgan fingerprint density at radius 3 is 1.86 bits per heavy atom. The normalized spacial score (nSPS) is 19.1. The number of carbonyl (C=O) groups excluding carboxylic acids is 1. The van der Waals surface area contributed by atoms with E-state index in [9.17, 15) is 24.0 Å². The molecule has 0 spiro atoms. The lowest BCUT2D eigenvalue weighted by Gasteiger charge is -2.12. The first-order valence-electron chi connectivity index (χ1n) is 5.93. The molecule has 1 rings (SSSR count). The minimum absolute atomic E-state index is 0.164. The number of carboxylic acid groups (broad SMARTS) is 4. The Hall–Kier alpha value is -2.69. The molecule has 1 heterocycles. The van der Waals surface area contributed by atoms with E-state index >= 15 is 0 Å². The van der Waals surface area contributed by atoms with Crippen molar-refractivity contribution in [1.82, 2.24) is 5.32 Å². The van der Waals surface area contributed by atoms with Crippen LogP contribution in [-0.4, -0.2) is 67.5 Å². The van der Waals surface area contributed by atoms with E-state index in [0.717, 1.165) is 0 Å². The molecular weight excluding hydrogens is 306 g/mol. The highest BCUT2D eigenvalue weighted by molar-refractivity contribution is 5.87. The Morgan fingerprint density at radius 2 is 1.64 bits per heavy atom. The number of aliphatic carboxylic acids is 4. The van der Waals surface area contributed by atoms with Crippen molar-refractivity contribution in [2.45, 2.75) is 31.4 Å². The number of amides is 1. The van der Waals surface area contributed by atoms with E-state index in [1.54, 1.807) is 0 Å². The summed E-state index contributed by atoms with van der Waals surface area (Å²) in [6.45, 7) is 0. The van der Waals surface area contributed by atoms with Crippen molar-refractivity contribution in [1.29, 1.82) is 0 Å². The first-order valence-corrected chi connectivity index (χ1v) is 5.93. The molecule has 0 aromatic heterocycles. The standard InChI is InChI=1S/C6H8O7.C5H7NO3/c7-3(8)1-2(5(10)11)4(9)6(12)13;7-4-2-1-3(6-4)5(8)9/h2,4,9H,1H2,(H,7,8)(H,10,11)(H,12,13);3H,1-2H2,(H,6,7)(H,8,9)/t;3-/m.0/s1. The quantitative estimate of drug-likeness (QED) is 0.316. The highest BCUT2D eigenvalue weighted by Gasteiger charge is 2.33. The first kappa shape index (κ1) is 19.3. The molecule has 0 bridgehead atoms. The van der Waals surface area contributed by atoms with Gasteiger partial charge in [0.1, 0.15) is 12.0 Å². The molecule has 6 N–H and O–H groups in total. The molecule has 0 aliphatic carbocycles. The summed E-state index contributed by atoms with van der Waals surface area (Å²) in [7, 11) is 0. The number of carboxylic acids is 4. The SMILES string of the molecule is O=C(O)CC(C(=O)O)C(O)C(=O)O.O=C1CC[C@@H](C(=O)O)N1. The molecule has 0 radical (unpaired) electrons. The van der Waals surface area contributed by atoms with Gasteiger partial charge in [-0.15, -0.1) is 0 Å². The van der Waals surface area contributed by atoms with Crippen molar-refractivity contribution in [3.8, 4) is 0 Å². The smallest absolute Gasteiger partial charge is 0.333 e. The topological polar surface area (TPSA) is 199 Å². The molecule has 22 heavy (non-hydrogen) atoms. The molecule has 2 unspecified atom stereocenters. The van der Waals surface area contributed by atoms with Gasteiger partial charge in [-0.25, -0.2) is 9.59 Å². The van der Waals surface area contributed by atoms with E-state index < -0.39 is 48.4 Å². The fraction of sp³-hybridized carbons (Fsp3) is 0.545. The minimum Gasteiger partial charge on any atom is -0.481 e. The van der Waals surface area contributed by atoms with Crippen LogP contribution in [0.15, 0.2) is 0 Å². The van der Waals surface area contributed by atoms with Crippen LogP contribution in [0, 0.1) is 5.92 Å². The van der Waals surface area contributed by atoms with Gasteiger partial charge in [0.05, 0.1) is 6.42 Å². The van der Waals surface area contributed by atoms with Crippen molar-refractivity contribution < 1.29 is 49.5 Å². The van der Waals surface area contributed by atoms with Crippen molar-refractivity contribution in [3.05, 3.63) is 0 Å². The predicted molar refractivity (Wildman–Crippen MR) is 65.8 cm³/mol. The molecule has 0 saturated carbocycles. The Bertz CT molecular complexity index is 473. The van der Waals surface area contributed by atoms with Gasteiger partial charge >= 0.3 is 23.9 Å². The minimum atomic E-state index is -2.20. The third-order valence-electron chi connectivity index (χ3n) is 2.64. The lowest BCUT2D eigenvalue weighted by molar-refractivity contribution is -0.162. The largest absolute Gasteiger partial charge is 0.481 e. The number of nitrogens with one attached hydrogen (secondary N) is 1. The van der Waals surface area contributed by atoms with Crippen LogP contribution in [0.5, 0.6) is 0 Å². The molecule has 1 aliphatic heterocycles. The molecule has 1 aliphatic rings. The Morgan fingerprint density at radius 1 is 1.09 bits per heavy atom. The van der Waals surface area contributed by atoms with Crippen LogP contribution in [0.1, 0.15) is 19.3 Å². The van der Waals surface area contributed by atoms with E-state index in [0.29, 0.717) is 12.8 Å². The van der Waals surface area contributed by atoms with Gasteiger partial charge in [0.25, 0.3) is 0 Å². The molecule has 124 valence electrons. The van der Waals surface area contributed by atoms with Crippen molar-refractivity contribution in [3.63, 3.8) is 0 Å². The highest BCUT2D eigenvalue weighted by atomic mass is 16.4. The van der Waals surface area contributed by atoms with Gasteiger partial charge in [-0.1, -0.05) is 0 Å². The summed E-state index contributed by atoms with van der Waals surface area (Å²) in [6, 6.07) is -0.641. The number of aliphatic hydroxyl groups excluding tert-OH is 1. The van der Waals surface area contributed by atoms with Gasteiger partial charge in [0.15, 0.2) is 6.10 Å². The fourth-order valence-electron chi connectivity index (χ4n) is 1.49. The van der Waals surface area contributed by atoms with E-state index in [1.165, 1.54) is 0 Å². The van der Waals surface area contributed by atoms with Gasteiger partial charge in [-0.3, -0.25) is 14.4 Å². The summed E-state index contributed by atoms with van der Waals surface area (Å²) in [4.78, 5) is 51.0. The predicted octanol–water partition coefficient (Wildman–Crippen LogP) is -2.04. The molecule has 11 nitrogen and oxygen atoms in total. The lowest BCUT2D eigenvalue weighted by Crippen LogP contribution is -2.36. The summed E-state index contributed by atoms with van der Waals surface area (Å²) in [6.07, 6.45) is -2.36. The second kappa shape index (κ2) is 8.56. The molecule has 11 heteroatoms. The van der Waals surface area contributed by atoms with Crippen molar-refractivity contribution in [2.75, 3.05) is 0 Å². The number of hydrogen-bond donors (Lipinski definition) is 6. The van der Waals surface area contributed by atoms with Crippen LogP contribution in [0.25, 0.3) is 0 Å². The second-order valence-corrected chi connectivity index (χ2v) is 4.32. The molecular formula is C11H15NO10. The lowest BCUT2D eigenvalue weighted by atomic mass is 9.99. The van der Waals surface area contributed by atoms with E-state index in [2.05, 4.69) is 5.32 Å². The summed E-state index contributed by atoms with van der Waals surface area (Å²) in [5.41, 5.74) is 0. The van der Waals surface area contributed by atoms with E-state index in [1.807, 2.05) is 0 Å². The number of hydrogen-bond acceptors (Lipinski definition) is 6. The molecule has 1 fully saturated rings. The van der Waals surface area contributed by atoms with Crippen LogP contribution in [0.4, 0.5) is 0 Å². The monoisotopic (exact) mass is 321 g/mol. The summed E-state index contributed by atoms with van der Waals surface area (Å²) in [5, 5.41) is 44.2. The van der Waals surface area contributed by atoms with Gasteiger partial charge in [-0.2, -0.15) is 0 Å². The Balaban J connectivity index is 0.000000425. The summed E-state index contributed by atoms with van der Waals surface area (Å²) >= 11 is 0. The van der Waals surface area contributed by atoms with Gasteiger partial charge < -0.3 is 30.8 Å². The highest BCUT2D eigenvalue weighted by Crippen LogP contribution is 2.10. The van der Waals surface area contributed by atoms with Gasteiger partial charge in [0.2, 0.25) is 5.91 Å². The van der Waals surface area contributed by atoms with Crippen LogP contribution >= 0.6 is 0 Å². The summed E-state index contributed by atoms with van der Waals surface area (Å²) in [5.74, 6) is -7.82. The molecule has 0 aromatic carbocycles. The zero-order chi connectivity index (χ0) is 17.4. The zero-order valence-corrected chi connectivity index (χ0v) is 11.1.